The summed E-state index contributed by atoms with van der Waals surface area (Å²) in [6, 6.07) is 3.36. The number of aldehydes is 1. The Bertz CT molecular complexity index is 288. The molecule has 64 valence electrons. The molecule has 1 heterocycles. The highest BCUT2D eigenvalue weighted by Gasteiger charge is 2.02. The second kappa shape index (κ2) is 4.21. The number of rotatable bonds is 3. The van der Waals surface area contributed by atoms with Gasteiger partial charge in [-0.25, -0.2) is 4.98 Å². The standard InChI is InChI=1S/C8H8BrNO2/c1-2-12-8-7(9)4-3-6(5-11)10-8/h3-5H,2H2,1H3. The predicted octanol–water partition coefficient (Wildman–Crippen LogP) is 2.06. The Morgan fingerprint density at radius 3 is 3.00 bits per heavy atom. The van der Waals surface area contributed by atoms with Gasteiger partial charge in [-0.2, -0.15) is 0 Å². The highest BCUT2D eigenvalue weighted by atomic mass is 79.9. The number of hydrogen-bond acceptors (Lipinski definition) is 3. The molecule has 0 spiro atoms. The first-order valence-corrected chi connectivity index (χ1v) is 4.31. The van der Waals surface area contributed by atoms with E-state index >= 15 is 0 Å². The summed E-state index contributed by atoms with van der Waals surface area (Å²) < 4.78 is 5.92. The first kappa shape index (κ1) is 9.19. The number of nitrogens with zero attached hydrogens (tertiary/aromatic N) is 1. The average Bonchev–Trinajstić information content (AvgIpc) is 2.09. The zero-order valence-electron chi connectivity index (χ0n) is 6.58. The molecule has 0 saturated carbocycles. The zero-order chi connectivity index (χ0) is 8.97. The number of pyridine rings is 1. The summed E-state index contributed by atoms with van der Waals surface area (Å²) in [6.45, 7) is 2.40. The monoisotopic (exact) mass is 229 g/mol. The van der Waals surface area contributed by atoms with Crippen LogP contribution >= 0.6 is 15.9 Å². The Morgan fingerprint density at radius 2 is 2.42 bits per heavy atom. The molecule has 3 nitrogen and oxygen atoms in total. The van der Waals surface area contributed by atoms with Gasteiger partial charge in [-0.3, -0.25) is 4.79 Å². The first-order chi connectivity index (χ1) is 5.77. The number of carbonyl (C=O) groups is 1. The van der Waals surface area contributed by atoms with Gasteiger partial charge in [0.05, 0.1) is 11.1 Å². The fraction of sp³-hybridized carbons (Fsp3) is 0.250. The van der Waals surface area contributed by atoms with E-state index in [9.17, 15) is 4.79 Å². The molecule has 0 bridgehead atoms. The molecule has 0 aliphatic carbocycles. The van der Waals surface area contributed by atoms with Crippen LogP contribution in [0.5, 0.6) is 5.88 Å². The highest BCUT2D eigenvalue weighted by Crippen LogP contribution is 2.21. The van der Waals surface area contributed by atoms with Gasteiger partial charge in [0.15, 0.2) is 6.29 Å². The predicted molar refractivity (Wildman–Crippen MR) is 48.5 cm³/mol. The highest BCUT2D eigenvalue weighted by molar-refractivity contribution is 9.10. The molecule has 0 aliphatic rings. The zero-order valence-corrected chi connectivity index (χ0v) is 8.17. The lowest BCUT2D eigenvalue weighted by Crippen LogP contribution is -1.97. The third-order valence-corrected chi connectivity index (χ3v) is 1.84. The minimum Gasteiger partial charge on any atom is -0.477 e. The molecule has 0 saturated heterocycles. The average molecular weight is 230 g/mol. The minimum atomic E-state index is 0.377. The van der Waals surface area contributed by atoms with Crippen molar-refractivity contribution in [2.24, 2.45) is 0 Å². The van der Waals surface area contributed by atoms with E-state index in [4.69, 9.17) is 4.74 Å². The molecular weight excluding hydrogens is 222 g/mol. The molecule has 1 aromatic rings. The largest absolute Gasteiger partial charge is 0.477 e. The number of halogens is 1. The smallest absolute Gasteiger partial charge is 0.228 e. The summed E-state index contributed by atoms with van der Waals surface area (Å²) in [7, 11) is 0. The van der Waals surface area contributed by atoms with Crippen molar-refractivity contribution < 1.29 is 9.53 Å². The molecule has 0 radical (unpaired) electrons. The summed E-state index contributed by atoms with van der Waals surface area (Å²) in [5.74, 6) is 0.460. The van der Waals surface area contributed by atoms with Crippen molar-refractivity contribution in [2.45, 2.75) is 6.92 Å². The minimum absolute atomic E-state index is 0.377. The molecule has 0 aromatic carbocycles. The molecule has 1 rings (SSSR count). The number of carbonyl (C=O) groups excluding carboxylic acids is 1. The van der Waals surface area contributed by atoms with Gasteiger partial charge in [-0.1, -0.05) is 0 Å². The van der Waals surface area contributed by atoms with Gasteiger partial charge in [0.2, 0.25) is 5.88 Å². The molecule has 0 atom stereocenters. The van der Waals surface area contributed by atoms with Gasteiger partial charge in [0.25, 0.3) is 0 Å². The van der Waals surface area contributed by atoms with Gasteiger partial charge in [-0.15, -0.1) is 0 Å². The maximum atomic E-state index is 10.3. The quantitative estimate of drug-likeness (QED) is 0.746. The summed E-state index contributed by atoms with van der Waals surface area (Å²) in [5.41, 5.74) is 0.377. The maximum Gasteiger partial charge on any atom is 0.228 e. The van der Waals surface area contributed by atoms with Gasteiger partial charge in [-0.05, 0) is 35.0 Å². The topological polar surface area (TPSA) is 39.2 Å². The summed E-state index contributed by atoms with van der Waals surface area (Å²) in [6.07, 6.45) is 0.689. The van der Waals surface area contributed by atoms with Crippen LogP contribution in [0, 0.1) is 0 Å². The van der Waals surface area contributed by atoms with Gasteiger partial charge in [0, 0.05) is 0 Å². The summed E-state index contributed by atoms with van der Waals surface area (Å²) in [4.78, 5) is 14.3. The van der Waals surface area contributed by atoms with E-state index in [-0.39, 0.29) is 0 Å². The molecule has 0 N–H and O–H groups in total. The van der Waals surface area contributed by atoms with Crippen LogP contribution in [0.25, 0.3) is 0 Å². The lowest BCUT2D eigenvalue weighted by atomic mass is 10.4. The molecule has 0 amide bonds. The molecule has 0 aliphatic heterocycles. The van der Waals surface area contributed by atoms with Crippen LogP contribution in [0.2, 0.25) is 0 Å². The normalized spacial score (nSPS) is 9.50. The fourth-order valence-corrected chi connectivity index (χ4v) is 1.08. The van der Waals surface area contributed by atoms with Crippen LogP contribution in [0.15, 0.2) is 16.6 Å². The summed E-state index contributed by atoms with van der Waals surface area (Å²) >= 11 is 3.26. The van der Waals surface area contributed by atoms with E-state index in [0.29, 0.717) is 24.5 Å². The molecule has 4 heteroatoms. The SMILES string of the molecule is CCOc1nc(C=O)ccc1Br. The second-order valence-corrected chi connectivity index (χ2v) is 2.93. The maximum absolute atomic E-state index is 10.3. The lowest BCUT2D eigenvalue weighted by molar-refractivity contribution is 0.111. The Labute approximate surface area is 78.9 Å². The van der Waals surface area contributed by atoms with Crippen molar-refractivity contribution in [1.82, 2.24) is 4.98 Å². The van der Waals surface area contributed by atoms with Crippen LogP contribution in [0.1, 0.15) is 17.4 Å². The van der Waals surface area contributed by atoms with E-state index in [0.717, 1.165) is 4.47 Å². The number of ether oxygens (including phenoxy) is 1. The molecule has 0 unspecified atom stereocenters. The Hall–Kier alpha value is -0.900. The van der Waals surface area contributed by atoms with Crippen molar-refractivity contribution in [3.63, 3.8) is 0 Å². The van der Waals surface area contributed by atoms with E-state index in [1.807, 2.05) is 6.92 Å². The lowest BCUT2D eigenvalue weighted by Gasteiger charge is -2.03. The molecular formula is C8H8BrNO2. The van der Waals surface area contributed by atoms with E-state index < -0.39 is 0 Å². The first-order valence-electron chi connectivity index (χ1n) is 3.52. The fourth-order valence-electron chi connectivity index (χ4n) is 0.741. The van der Waals surface area contributed by atoms with Crippen LogP contribution in [0.3, 0.4) is 0 Å². The van der Waals surface area contributed by atoms with Crippen LogP contribution in [-0.4, -0.2) is 17.9 Å². The number of hydrogen-bond donors (Lipinski definition) is 0. The van der Waals surface area contributed by atoms with Crippen LogP contribution in [-0.2, 0) is 0 Å². The van der Waals surface area contributed by atoms with Crippen LogP contribution in [0.4, 0.5) is 0 Å². The van der Waals surface area contributed by atoms with E-state index in [1.54, 1.807) is 12.1 Å². The number of aromatic nitrogens is 1. The van der Waals surface area contributed by atoms with Crippen molar-refractivity contribution >= 4 is 22.2 Å². The second-order valence-electron chi connectivity index (χ2n) is 2.07. The molecule has 1 aromatic heterocycles. The van der Waals surface area contributed by atoms with Gasteiger partial charge < -0.3 is 4.74 Å². The Balaban J connectivity index is 2.99. The summed E-state index contributed by atoms with van der Waals surface area (Å²) in [5, 5.41) is 0. The molecule has 0 fully saturated rings. The third kappa shape index (κ3) is 2.04. The van der Waals surface area contributed by atoms with E-state index in [2.05, 4.69) is 20.9 Å². The van der Waals surface area contributed by atoms with Crippen molar-refractivity contribution in [3.8, 4) is 5.88 Å². The van der Waals surface area contributed by atoms with Gasteiger partial charge >= 0.3 is 0 Å². The molecule has 12 heavy (non-hydrogen) atoms. The Morgan fingerprint density at radius 1 is 1.67 bits per heavy atom. The van der Waals surface area contributed by atoms with Crippen LogP contribution < -0.4 is 4.74 Å². The third-order valence-electron chi connectivity index (χ3n) is 1.24. The van der Waals surface area contributed by atoms with Crippen molar-refractivity contribution in [2.75, 3.05) is 6.61 Å². The van der Waals surface area contributed by atoms with Gasteiger partial charge in [0.1, 0.15) is 5.69 Å². The Kier molecular flexibility index (Phi) is 3.22. The van der Waals surface area contributed by atoms with Crippen molar-refractivity contribution in [1.29, 1.82) is 0 Å². The van der Waals surface area contributed by atoms with E-state index in [1.165, 1.54) is 0 Å². The van der Waals surface area contributed by atoms with Crippen molar-refractivity contribution in [3.05, 3.63) is 22.3 Å².